The number of fused-ring (bicyclic) bond motifs is 1. The van der Waals surface area contributed by atoms with E-state index >= 15 is 0 Å². The molecular weight excluding hydrogens is 242 g/mol. The SMILES string of the molecule is CC(C)(C)c1nc2cccc(Br)c2o1. The highest BCUT2D eigenvalue weighted by atomic mass is 79.9. The lowest BCUT2D eigenvalue weighted by atomic mass is 9.97. The van der Waals surface area contributed by atoms with E-state index in [1.165, 1.54) is 0 Å². The standard InChI is InChI=1S/C11H12BrNO/c1-11(2,3)10-13-8-6-4-5-7(12)9(8)14-10/h4-6H,1-3H3. The van der Waals surface area contributed by atoms with Crippen molar-refractivity contribution >= 4 is 27.0 Å². The Morgan fingerprint density at radius 2 is 2.00 bits per heavy atom. The summed E-state index contributed by atoms with van der Waals surface area (Å²) >= 11 is 3.44. The fraction of sp³-hybridized carbons (Fsp3) is 0.364. The summed E-state index contributed by atoms with van der Waals surface area (Å²) in [6, 6.07) is 5.88. The van der Waals surface area contributed by atoms with E-state index in [2.05, 4.69) is 41.7 Å². The zero-order valence-electron chi connectivity index (χ0n) is 8.47. The van der Waals surface area contributed by atoms with Crippen LogP contribution in [-0.4, -0.2) is 4.98 Å². The summed E-state index contributed by atoms with van der Waals surface area (Å²) in [6.07, 6.45) is 0. The van der Waals surface area contributed by atoms with Gasteiger partial charge in [0, 0.05) is 5.41 Å². The van der Waals surface area contributed by atoms with Gasteiger partial charge in [-0.1, -0.05) is 26.8 Å². The average molecular weight is 254 g/mol. The van der Waals surface area contributed by atoms with Gasteiger partial charge >= 0.3 is 0 Å². The molecular formula is C11H12BrNO. The first-order valence-corrected chi connectivity index (χ1v) is 5.33. The second kappa shape index (κ2) is 3.09. The first-order chi connectivity index (χ1) is 6.48. The van der Waals surface area contributed by atoms with Crippen molar-refractivity contribution in [1.29, 1.82) is 0 Å². The Morgan fingerprint density at radius 3 is 2.57 bits per heavy atom. The van der Waals surface area contributed by atoms with Crippen LogP contribution in [0.2, 0.25) is 0 Å². The van der Waals surface area contributed by atoms with Crippen LogP contribution < -0.4 is 0 Å². The average Bonchev–Trinajstić information content (AvgIpc) is 2.48. The van der Waals surface area contributed by atoms with Gasteiger partial charge in [-0.25, -0.2) is 4.98 Å². The van der Waals surface area contributed by atoms with Gasteiger partial charge in [0.05, 0.1) is 4.47 Å². The Morgan fingerprint density at radius 1 is 1.29 bits per heavy atom. The van der Waals surface area contributed by atoms with Gasteiger partial charge in [0.2, 0.25) is 5.89 Å². The number of hydrogen-bond acceptors (Lipinski definition) is 2. The number of benzene rings is 1. The van der Waals surface area contributed by atoms with Crippen LogP contribution in [0.15, 0.2) is 27.1 Å². The second-order valence-electron chi connectivity index (χ2n) is 4.36. The minimum Gasteiger partial charge on any atom is -0.439 e. The smallest absolute Gasteiger partial charge is 0.200 e. The molecule has 0 unspecified atom stereocenters. The predicted molar refractivity (Wildman–Crippen MR) is 60.4 cm³/mol. The van der Waals surface area contributed by atoms with Gasteiger partial charge < -0.3 is 4.42 Å². The fourth-order valence-corrected chi connectivity index (χ4v) is 1.67. The van der Waals surface area contributed by atoms with E-state index < -0.39 is 0 Å². The van der Waals surface area contributed by atoms with Crippen LogP contribution in [0.4, 0.5) is 0 Å². The maximum absolute atomic E-state index is 5.71. The number of hydrogen-bond donors (Lipinski definition) is 0. The van der Waals surface area contributed by atoms with Gasteiger partial charge in [-0.3, -0.25) is 0 Å². The van der Waals surface area contributed by atoms with Crippen molar-refractivity contribution in [3.05, 3.63) is 28.6 Å². The number of aromatic nitrogens is 1. The molecule has 2 aromatic rings. The molecule has 2 rings (SSSR count). The van der Waals surface area contributed by atoms with Crippen LogP contribution in [0.3, 0.4) is 0 Å². The Kier molecular flexibility index (Phi) is 2.14. The Hall–Kier alpha value is -0.830. The molecule has 0 radical (unpaired) electrons. The molecule has 1 aromatic carbocycles. The molecule has 0 atom stereocenters. The van der Waals surface area contributed by atoms with Gasteiger partial charge in [0.15, 0.2) is 5.58 Å². The molecule has 0 saturated heterocycles. The van der Waals surface area contributed by atoms with E-state index in [9.17, 15) is 0 Å². The van der Waals surface area contributed by atoms with Crippen LogP contribution in [0.25, 0.3) is 11.1 Å². The maximum Gasteiger partial charge on any atom is 0.200 e. The van der Waals surface area contributed by atoms with Crippen molar-refractivity contribution in [2.45, 2.75) is 26.2 Å². The highest BCUT2D eigenvalue weighted by molar-refractivity contribution is 9.10. The van der Waals surface area contributed by atoms with Crippen molar-refractivity contribution in [1.82, 2.24) is 4.98 Å². The molecule has 74 valence electrons. The molecule has 0 fully saturated rings. The highest BCUT2D eigenvalue weighted by Crippen LogP contribution is 2.29. The van der Waals surface area contributed by atoms with E-state index in [4.69, 9.17) is 4.42 Å². The zero-order chi connectivity index (χ0) is 10.3. The third-order valence-corrected chi connectivity index (χ3v) is 2.63. The summed E-state index contributed by atoms with van der Waals surface area (Å²) < 4.78 is 6.66. The van der Waals surface area contributed by atoms with Gasteiger partial charge in [-0.05, 0) is 28.1 Å². The molecule has 0 aliphatic rings. The van der Waals surface area contributed by atoms with Crippen molar-refractivity contribution < 1.29 is 4.42 Å². The quantitative estimate of drug-likeness (QED) is 0.712. The van der Waals surface area contributed by atoms with Crippen molar-refractivity contribution in [3.8, 4) is 0 Å². The predicted octanol–water partition coefficient (Wildman–Crippen LogP) is 3.89. The molecule has 0 spiro atoms. The summed E-state index contributed by atoms with van der Waals surface area (Å²) in [6.45, 7) is 6.27. The Bertz CT molecular complexity index is 468. The number of oxazole rings is 1. The lowest BCUT2D eigenvalue weighted by Gasteiger charge is -2.11. The monoisotopic (exact) mass is 253 g/mol. The van der Waals surface area contributed by atoms with E-state index in [-0.39, 0.29) is 5.41 Å². The third kappa shape index (κ3) is 1.57. The minimum atomic E-state index is -0.0432. The zero-order valence-corrected chi connectivity index (χ0v) is 10.1. The maximum atomic E-state index is 5.71. The Balaban J connectivity index is 2.69. The fourth-order valence-electron chi connectivity index (χ4n) is 1.24. The highest BCUT2D eigenvalue weighted by Gasteiger charge is 2.21. The number of rotatable bonds is 0. The summed E-state index contributed by atoms with van der Waals surface area (Å²) in [7, 11) is 0. The third-order valence-electron chi connectivity index (χ3n) is 2.01. The van der Waals surface area contributed by atoms with E-state index in [0.717, 1.165) is 21.5 Å². The normalized spacial score (nSPS) is 12.3. The van der Waals surface area contributed by atoms with Crippen LogP contribution in [0.1, 0.15) is 26.7 Å². The lowest BCUT2D eigenvalue weighted by Crippen LogP contribution is -2.10. The van der Waals surface area contributed by atoms with Crippen molar-refractivity contribution in [2.24, 2.45) is 0 Å². The first-order valence-electron chi connectivity index (χ1n) is 4.54. The summed E-state index contributed by atoms with van der Waals surface area (Å²) in [5.41, 5.74) is 1.69. The van der Waals surface area contributed by atoms with E-state index in [1.807, 2.05) is 18.2 Å². The number of para-hydroxylation sites is 1. The largest absolute Gasteiger partial charge is 0.439 e. The van der Waals surface area contributed by atoms with Gasteiger partial charge in [-0.2, -0.15) is 0 Å². The van der Waals surface area contributed by atoms with Crippen LogP contribution in [0.5, 0.6) is 0 Å². The minimum absolute atomic E-state index is 0.0432. The van der Waals surface area contributed by atoms with Crippen LogP contribution in [-0.2, 0) is 5.41 Å². The molecule has 0 bridgehead atoms. The summed E-state index contributed by atoms with van der Waals surface area (Å²) in [5, 5.41) is 0. The van der Waals surface area contributed by atoms with E-state index in [1.54, 1.807) is 0 Å². The van der Waals surface area contributed by atoms with E-state index in [0.29, 0.717) is 0 Å². The van der Waals surface area contributed by atoms with Gasteiger partial charge in [0.25, 0.3) is 0 Å². The topological polar surface area (TPSA) is 26.0 Å². The van der Waals surface area contributed by atoms with Crippen molar-refractivity contribution in [3.63, 3.8) is 0 Å². The molecule has 0 aliphatic heterocycles. The molecule has 0 saturated carbocycles. The Labute approximate surface area is 91.5 Å². The molecule has 14 heavy (non-hydrogen) atoms. The second-order valence-corrected chi connectivity index (χ2v) is 5.21. The molecule has 0 amide bonds. The molecule has 1 aromatic heterocycles. The number of nitrogens with zero attached hydrogens (tertiary/aromatic N) is 1. The number of halogens is 1. The lowest BCUT2D eigenvalue weighted by molar-refractivity contribution is 0.410. The summed E-state index contributed by atoms with van der Waals surface area (Å²) in [5.74, 6) is 0.777. The first kappa shape index (κ1) is 9.71. The van der Waals surface area contributed by atoms with Crippen LogP contribution >= 0.6 is 15.9 Å². The molecule has 0 N–H and O–H groups in total. The van der Waals surface area contributed by atoms with Gasteiger partial charge in [-0.15, -0.1) is 0 Å². The molecule has 3 heteroatoms. The van der Waals surface area contributed by atoms with Crippen molar-refractivity contribution in [2.75, 3.05) is 0 Å². The molecule has 1 heterocycles. The summed E-state index contributed by atoms with van der Waals surface area (Å²) in [4.78, 5) is 4.45. The van der Waals surface area contributed by atoms with Gasteiger partial charge in [0.1, 0.15) is 5.52 Å². The molecule has 2 nitrogen and oxygen atoms in total. The van der Waals surface area contributed by atoms with Crippen LogP contribution in [0, 0.1) is 0 Å². The molecule has 0 aliphatic carbocycles.